The average molecular weight is 253 g/mol. The predicted molar refractivity (Wildman–Crippen MR) is 66.2 cm³/mol. The van der Waals surface area contributed by atoms with Crippen molar-refractivity contribution >= 4 is 17.5 Å². The number of nitrogen functional groups attached to an aromatic ring is 1. The smallest absolute Gasteiger partial charge is 0.253 e. The number of nitrogens with two attached hydrogens (primary N) is 2. The van der Waals surface area contributed by atoms with Gasteiger partial charge in [-0.1, -0.05) is 0 Å². The molecule has 0 aliphatic heterocycles. The van der Waals surface area contributed by atoms with Gasteiger partial charge in [0.15, 0.2) is 0 Å². The van der Waals surface area contributed by atoms with E-state index in [-0.39, 0.29) is 17.7 Å². The van der Waals surface area contributed by atoms with Crippen molar-refractivity contribution in [2.45, 2.75) is 25.8 Å². The maximum absolute atomic E-state index is 12.8. The zero-order valence-corrected chi connectivity index (χ0v) is 10.3. The van der Waals surface area contributed by atoms with Crippen molar-refractivity contribution in [3.63, 3.8) is 0 Å². The molecule has 0 aliphatic carbocycles. The Kier molecular flexibility index (Phi) is 3.90. The Bertz CT molecular complexity index is 486. The Hall–Kier alpha value is -2.11. The lowest BCUT2D eigenvalue weighted by Crippen LogP contribution is -2.46. The van der Waals surface area contributed by atoms with Gasteiger partial charge in [-0.05, 0) is 32.0 Å². The number of anilines is 1. The number of halogens is 1. The lowest BCUT2D eigenvalue weighted by molar-refractivity contribution is -0.119. The molecule has 18 heavy (non-hydrogen) atoms. The van der Waals surface area contributed by atoms with E-state index in [0.717, 1.165) is 12.1 Å². The number of benzene rings is 1. The summed E-state index contributed by atoms with van der Waals surface area (Å²) in [5, 5.41) is 2.62. The van der Waals surface area contributed by atoms with Crippen LogP contribution in [-0.4, -0.2) is 17.4 Å². The maximum atomic E-state index is 12.8. The zero-order valence-electron chi connectivity index (χ0n) is 10.3. The van der Waals surface area contributed by atoms with Gasteiger partial charge in [0.05, 0.1) is 5.56 Å². The minimum atomic E-state index is -0.788. The summed E-state index contributed by atoms with van der Waals surface area (Å²) in [4.78, 5) is 22.7. The lowest BCUT2D eigenvalue weighted by atomic mass is 9.99. The van der Waals surface area contributed by atoms with Gasteiger partial charge in [0, 0.05) is 17.6 Å². The standard InChI is InChI=1S/C12H16FN3O2/c1-12(2,6-10(15)17)16-11(18)8-4-3-7(13)5-9(8)14/h3-5H,6,14H2,1-2H3,(H2,15,17)(H,16,18). The third-order valence-electron chi connectivity index (χ3n) is 2.33. The summed E-state index contributed by atoms with van der Waals surface area (Å²) < 4.78 is 12.8. The maximum Gasteiger partial charge on any atom is 0.253 e. The fraction of sp³-hybridized carbons (Fsp3) is 0.333. The highest BCUT2D eigenvalue weighted by Crippen LogP contribution is 2.15. The number of carbonyl (C=O) groups is 2. The van der Waals surface area contributed by atoms with Crippen LogP contribution in [-0.2, 0) is 4.79 Å². The zero-order chi connectivity index (χ0) is 13.9. The van der Waals surface area contributed by atoms with E-state index in [1.54, 1.807) is 13.8 Å². The van der Waals surface area contributed by atoms with E-state index >= 15 is 0 Å². The number of amides is 2. The van der Waals surface area contributed by atoms with Crippen molar-refractivity contribution in [1.29, 1.82) is 0 Å². The number of nitrogens with one attached hydrogen (secondary N) is 1. The van der Waals surface area contributed by atoms with E-state index in [1.165, 1.54) is 6.07 Å². The summed E-state index contributed by atoms with van der Waals surface area (Å²) in [6.45, 7) is 3.32. The van der Waals surface area contributed by atoms with Gasteiger partial charge in [-0.25, -0.2) is 4.39 Å². The Balaban J connectivity index is 2.85. The minimum Gasteiger partial charge on any atom is -0.398 e. The highest BCUT2D eigenvalue weighted by atomic mass is 19.1. The van der Waals surface area contributed by atoms with Crippen molar-refractivity contribution in [1.82, 2.24) is 5.32 Å². The van der Waals surface area contributed by atoms with Crippen LogP contribution in [0.3, 0.4) is 0 Å². The second kappa shape index (κ2) is 5.03. The topological polar surface area (TPSA) is 98.2 Å². The molecular formula is C12H16FN3O2. The first kappa shape index (κ1) is 14.0. The largest absolute Gasteiger partial charge is 0.398 e. The Morgan fingerprint density at radius 2 is 2.00 bits per heavy atom. The molecule has 0 aliphatic rings. The van der Waals surface area contributed by atoms with Gasteiger partial charge in [-0.3, -0.25) is 9.59 Å². The van der Waals surface area contributed by atoms with Crippen LogP contribution in [0.2, 0.25) is 0 Å². The molecule has 0 saturated heterocycles. The molecule has 2 amide bonds. The van der Waals surface area contributed by atoms with Gasteiger partial charge in [0.2, 0.25) is 5.91 Å². The molecule has 5 nitrogen and oxygen atoms in total. The average Bonchev–Trinajstić information content (AvgIpc) is 2.13. The number of primary amides is 1. The van der Waals surface area contributed by atoms with Gasteiger partial charge in [-0.15, -0.1) is 0 Å². The summed E-state index contributed by atoms with van der Waals surface area (Å²) in [5.41, 5.74) is 10.0. The monoisotopic (exact) mass is 253 g/mol. The first-order valence-corrected chi connectivity index (χ1v) is 5.37. The van der Waals surface area contributed by atoms with E-state index in [9.17, 15) is 14.0 Å². The molecule has 0 spiro atoms. The van der Waals surface area contributed by atoms with Gasteiger partial charge in [0.1, 0.15) is 5.82 Å². The van der Waals surface area contributed by atoms with Crippen LogP contribution in [0, 0.1) is 5.82 Å². The molecule has 0 saturated carbocycles. The van der Waals surface area contributed by atoms with Gasteiger partial charge in [-0.2, -0.15) is 0 Å². The molecular weight excluding hydrogens is 237 g/mol. The molecule has 0 radical (unpaired) electrons. The molecule has 0 atom stereocenters. The third-order valence-corrected chi connectivity index (χ3v) is 2.33. The normalized spacial score (nSPS) is 11.1. The molecule has 98 valence electrons. The van der Waals surface area contributed by atoms with Crippen LogP contribution < -0.4 is 16.8 Å². The van der Waals surface area contributed by atoms with Crippen molar-refractivity contribution in [3.8, 4) is 0 Å². The van der Waals surface area contributed by atoms with E-state index in [2.05, 4.69) is 5.32 Å². The summed E-state index contributed by atoms with van der Waals surface area (Å²) >= 11 is 0. The summed E-state index contributed by atoms with van der Waals surface area (Å²) in [6, 6.07) is 3.50. The van der Waals surface area contributed by atoms with Crippen LogP contribution >= 0.6 is 0 Å². The number of rotatable bonds is 4. The number of hydrogen-bond acceptors (Lipinski definition) is 3. The molecule has 0 unspecified atom stereocenters. The quantitative estimate of drug-likeness (QED) is 0.692. The fourth-order valence-electron chi connectivity index (χ4n) is 1.59. The number of carbonyl (C=O) groups excluding carboxylic acids is 2. The second-order valence-electron chi connectivity index (χ2n) is 4.71. The molecule has 0 aromatic heterocycles. The van der Waals surface area contributed by atoms with Crippen molar-refractivity contribution in [3.05, 3.63) is 29.6 Å². The van der Waals surface area contributed by atoms with Gasteiger partial charge >= 0.3 is 0 Å². The van der Waals surface area contributed by atoms with Crippen molar-refractivity contribution in [2.75, 3.05) is 5.73 Å². The fourth-order valence-corrected chi connectivity index (χ4v) is 1.59. The van der Waals surface area contributed by atoms with Gasteiger partial charge < -0.3 is 16.8 Å². The van der Waals surface area contributed by atoms with Crippen LogP contribution in [0.5, 0.6) is 0 Å². The van der Waals surface area contributed by atoms with E-state index < -0.39 is 23.2 Å². The first-order valence-electron chi connectivity index (χ1n) is 5.37. The molecule has 1 rings (SSSR count). The third kappa shape index (κ3) is 3.73. The predicted octanol–water partition coefficient (Wildman–Crippen LogP) is 0.792. The molecule has 0 heterocycles. The molecule has 6 heteroatoms. The Morgan fingerprint density at radius 1 is 1.39 bits per heavy atom. The molecule has 0 bridgehead atoms. The molecule has 1 aromatic carbocycles. The van der Waals surface area contributed by atoms with Gasteiger partial charge in [0.25, 0.3) is 5.91 Å². The van der Waals surface area contributed by atoms with E-state index in [0.29, 0.717) is 0 Å². The summed E-state index contributed by atoms with van der Waals surface area (Å²) in [6.07, 6.45) is -0.000159. The first-order chi connectivity index (χ1) is 8.21. The SMILES string of the molecule is CC(C)(CC(N)=O)NC(=O)c1ccc(F)cc1N. The lowest BCUT2D eigenvalue weighted by Gasteiger charge is -2.25. The van der Waals surface area contributed by atoms with E-state index in [1.807, 2.05) is 0 Å². The summed E-state index contributed by atoms with van der Waals surface area (Å²) in [5.74, 6) is -1.51. The van der Waals surface area contributed by atoms with E-state index in [4.69, 9.17) is 11.5 Å². The highest BCUT2D eigenvalue weighted by molar-refractivity contribution is 5.99. The second-order valence-corrected chi connectivity index (χ2v) is 4.71. The highest BCUT2D eigenvalue weighted by Gasteiger charge is 2.24. The van der Waals surface area contributed by atoms with Crippen LogP contribution in [0.25, 0.3) is 0 Å². The van der Waals surface area contributed by atoms with Crippen LogP contribution in [0.1, 0.15) is 30.6 Å². The molecule has 0 fully saturated rings. The summed E-state index contributed by atoms with van der Waals surface area (Å²) in [7, 11) is 0. The molecule has 1 aromatic rings. The Morgan fingerprint density at radius 3 is 2.50 bits per heavy atom. The van der Waals surface area contributed by atoms with Crippen molar-refractivity contribution in [2.24, 2.45) is 5.73 Å². The minimum absolute atomic E-state index is 0.000159. The molecule has 5 N–H and O–H groups in total. The number of hydrogen-bond donors (Lipinski definition) is 3. The van der Waals surface area contributed by atoms with Crippen molar-refractivity contribution < 1.29 is 14.0 Å². The Labute approximate surface area is 104 Å². The van der Waals surface area contributed by atoms with Crippen LogP contribution in [0.4, 0.5) is 10.1 Å². The van der Waals surface area contributed by atoms with Crippen LogP contribution in [0.15, 0.2) is 18.2 Å².